The number of anilines is 1. The molecule has 0 radical (unpaired) electrons. The number of aromatic hydroxyl groups is 1. The molecule has 0 aromatic heterocycles. The molecule has 2 aromatic carbocycles. The van der Waals surface area contributed by atoms with E-state index in [2.05, 4.69) is 10.6 Å². The Kier molecular flexibility index (Phi) is 6.28. The third-order valence-corrected chi connectivity index (χ3v) is 3.51. The fraction of sp³-hybridized carbons (Fsp3) is 0.300. The van der Waals surface area contributed by atoms with E-state index in [4.69, 9.17) is 9.47 Å². The second-order valence-electron chi connectivity index (χ2n) is 6.89. The van der Waals surface area contributed by atoms with Gasteiger partial charge in [0.25, 0.3) is 5.91 Å². The molecule has 0 saturated heterocycles. The molecule has 0 aliphatic carbocycles. The van der Waals surface area contributed by atoms with Crippen LogP contribution < -0.4 is 15.4 Å². The van der Waals surface area contributed by atoms with Crippen molar-refractivity contribution in [1.29, 1.82) is 0 Å². The molecule has 27 heavy (non-hydrogen) atoms. The van der Waals surface area contributed by atoms with Gasteiger partial charge in [-0.05, 0) is 62.7 Å². The van der Waals surface area contributed by atoms with Gasteiger partial charge in [0.1, 0.15) is 23.1 Å². The summed E-state index contributed by atoms with van der Waals surface area (Å²) in [5.41, 5.74) is 0.357. The van der Waals surface area contributed by atoms with Crippen molar-refractivity contribution in [3.8, 4) is 11.5 Å². The Bertz CT molecular complexity index is 780. The summed E-state index contributed by atoms with van der Waals surface area (Å²) in [5.74, 6) is 0.275. The number of ether oxygens (including phenoxy) is 2. The molecule has 0 saturated carbocycles. The van der Waals surface area contributed by atoms with Gasteiger partial charge < -0.3 is 25.2 Å². The van der Waals surface area contributed by atoms with E-state index >= 15 is 0 Å². The van der Waals surface area contributed by atoms with Crippen molar-refractivity contribution in [2.45, 2.75) is 32.4 Å². The number of carbonyl (C=O) groups is 2. The molecule has 0 heterocycles. The molecule has 0 spiro atoms. The molecule has 0 fully saturated rings. The molecule has 0 aliphatic heterocycles. The van der Waals surface area contributed by atoms with Crippen molar-refractivity contribution in [3.05, 3.63) is 54.1 Å². The van der Waals surface area contributed by atoms with E-state index in [1.54, 1.807) is 64.3 Å². The van der Waals surface area contributed by atoms with E-state index in [-0.39, 0.29) is 5.75 Å². The molecular weight excluding hydrogens is 348 g/mol. The quantitative estimate of drug-likeness (QED) is 0.745. The number of hydrogen-bond donors (Lipinski definition) is 3. The largest absolute Gasteiger partial charge is 0.508 e. The Morgan fingerprint density at radius 3 is 2.11 bits per heavy atom. The maximum absolute atomic E-state index is 12.8. The number of methoxy groups -OCH3 is 1. The van der Waals surface area contributed by atoms with Crippen LogP contribution in [0.25, 0.3) is 0 Å². The lowest BCUT2D eigenvalue weighted by Crippen LogP contribution is -2.40. The predicted molar refractivity (Wildman–Crippen MR) is 102 cm³/mol. The summed E-state index contributed by atoms with van der Waals surface area (Å²) in [6.07, 6.45) is -0.717. The molecule has 144 valence electrons. The highest BCUT2D eigenvalue weighted by atomic mass is 16.6. The van der Waals surface area contributed by atoms with Gasteiger partial charge in [-0.15, -0.1) is 0 Å². The summed E-state index contributed by atoms with van der Waals surface area (Å²) in [5, 5.41) is 14.8. The monoisotopic (exact) mass is 372 g/mol. The lowest BCUT2D eigenvalue weighted by molar-refractivity contribution is -0.118. The third kappa shape index (κ3) is 6.22. The van der Waals surface area contributed by atoms with Crippen molar-refractivity contribution < 1.29 is 24.2 Å². The highest BCUT2D eigenvalue weighted by Gasteiger charge is 2.26. The Morgan fingerprint density at radius 2 is 1.59 bits per heavy atom. The summed E-state index contributed by atoms with van der Waals surface area (Å²) in [7, 11) is 1.55. The summed E-state index contributed by atoms with van der Waals surface area (Å²) >= 11 is 0. The number of phenolic OH excluding ortho intramolecular Hbond substituents is 1. The van der Waals surface area contributed by atoms with E-state index in [0.29, 0.717) is 17.0 Å². The Hall–Kier alpha value is -3.22. The molecule has 0 aliphatic rings. The van der Waals surface area contributed by atoms with Crippen LogP contribution in [0.1, 0.15) is 32.4 Å². The summed E-state index contributed by atoms with van der Waals surface area (Å²) in [6, 6.07) is 11.8. The van der Waals surface area contributed by atoms with E-state index < -0.39 is 23.6 Å². The predicted octanol–water partition coefficient (Wildman–Crippen LogP) is 3.61. The fourth-order valence-corrected chi connectivity index (χ4v) is 2.28. The van der Waals surface area contributed by atoms with Gasteiger partial charge >= 0.3 is 6.09 Å². The number of nitrogens with one attached hydrogen (secondary N) is 2. The van der Waals surface area contributed by atoms with Crippen LogP contribution in [0.2, 0.25) is 0 Å². The molecule has 3 N–H and O–H groups in total. The minimum Gasteiger partial charge on any atom is -0.508 e. The van der Waals surface area contributed by atoms with Crippen LogP contribution in [-0.2, 0) is 9.53 Å². The topological polar surface area (TPSA) is 96.9 Å². The zero-order chi connectivity index (χ0) is 20.0. The van der Waals surface area contributed by atoms with E-state index in [1.165, 1.54) is 12.1 Å². The number of phenols is 1. The summed E-state index contributed by atoms with van der Waals surface area (Å²) in [4.78, 5) is 24.9. The fourth-order valence-electron chi connectivity index (χ4n) is 2.28. The summed E-state index contributed by atoms with van der Waals surface area (Å²) < 4.78 is 10.3. The third-order valence-electron chi connectivity index (χ3n) is 3.51. The molecule has 2 aromatic rings. The molecule has 0 bridgehead atoms. The molecule has 7 nitrogen and oxygen atoms in total. The zero-order valence-corrected chi connectivity index (χ0v) is 15.8. The van der Waals surface area contributed by atoms with Crippen molar-refractivity contribution in [1.82, 2.24) is 5.32 Å². The molecule has 0 unspecified atom stereocenters. The Balaban J connectivity index is 2.20. The van der Waals surface area contributed by atoms with Crippen LogP contribution in [0.4, 0.5) is 10.5 Å². The van der Waals surface area contributed by atoms with Gasteiger partial charge in [-0.2, -0.15) is 0 Å². The first-order valence-corrected chi connectivity index (χ1v) is 8.41. The zero-order valence-electron chi connectivity index (χ0n) is 15.8. The SMILES string of the molecule is COc1ccc(NC(=O)[C@@H](NC(=O)OC(C)(C)C)c2ccc(O)cc2)cc1. The van der Waals surface area contributed by atoms with Gasteiger partial charge in [-0.1, -0.05) is 12.1 Å². The second kappa shape index (κ2) is 8.44. The van der Waals surface area contributed by atoms with E-state index in [0.717, 1.165) is 0 Å². The summed E-state index contributed by atoms with van der Waals surface area (Å²) in [6.45, 7) is 5.21. The standard InChI is InChI=1S/C20H24N2O5/c1-20(2,3)27-19(25)22-17(13-5-9-15(23)10-6-13)18(24)21-14-7-11-16(26-4)12-8-14/h5-12,17,23H,1-4H3,(H,21,24)(H,22,25)/t17-/m0/s1. The Morgan fingerprint density at radius 1 is 1.00 bits per heavy atom. The van der Waals surface area contributed by atoms with Gasteiger partial charge in [0.05, 0.1) is 7.11 Å². The van der Waals surface area contributed by atoms with Gasteiger partial charge in [-0.25, -0.2) is 4.79 Å². The average Bonchev–Trinajstić information content (AvgIpc) is 2.59. The van der Waals surface area contributed by atoms with Crippen LogP contribution in [-0.4, -0.2) is 29.8 Å². The van der Waals surface area contributed by atoms with Crippen LogP contribution in [0.3, 0.4) is 0 Å². The molecule has 7 heteroatoms. The number of benzene rings is 2. The Labute approximate surface area is 158 Å². The molecule has 1 atom stereocenters. The highest BCUT2D eigenvalue weighted by molar-refractivity contribution is 5.97. The van der Waals surface area contributed by atoms with Crippen LogP contribution in [0, 0.1) is 0 Å². The minimum atomic E-state index is -0.998. The molecule has 2 rings (SSSR count). The molecular formula is C20H24N2O5. The van der Waals surface area contributed by atoms with Crippen molar-refractivity contribution >= 4 is 17.7 Å². The van der Waals surface area contributed by atoms with Gasteiger partial charge in [0.2, 0.25) is 0 Å². The number of rotatable bonds is 5. The van der Waals surface area contributed by atoms with E-state index in [9.17, 15) is 14.7 Å². The number of hydrogen-bond acceptors (Lipinski definition) is 5. The van der Waals surface area contributed by atoms with Crippen LogP contribution in [0.5, 0.6) is 11.5 Å². The first kappa shape index (κ1) is 20.1. The van der Waals surface area contributed by atoms with Crippen molar-refractivity contribution in [3.63, 3.8) is 0 Å². The minimum absolute atomic E-state index is 0.0605. The van der Waals surface area contributed by atoms with Crippen molar-refractivity contribution in [2.75, 3.05) is 12.4 Å². The normalized spacial score (nSPS) is 12.0. The van der Waals surface area contributed by atoms with Gasteiger partial charge in [0.15, 0.2) is 0 Å². The first-order valence-electron chi connectivity index (χ1n) is 8.41. The van der Waals surface area contributed by atoms with E-state index in [1.807, 2.05) is 0 Å². The maximum atomic E-state index is 12.8. The molecule has 2 amide bonds. The highest BCUT2D eigenvalue weighted by Crippen LogP contribution is 2.21. The number of amides is 2. The van der Waals surface area contributed by atoms with Gasteiger partial charge in [-0.3, -0.25) is 4.79 Å². The second-order valence-corrected chi connectivity index (χ2v) is 6.89. The van der Waals surface area contributed by atoms with Crippen LogP contribution in [0.15, 0.2) is 48.5 Å². The lowest BCUT2D eigenvalue weighted by Gasteiger charge is -2.23. The lowest BCUT2D eigenvalue weighted by atomic mass is 10.1. The number of carbonyl (C=O) groups excluding carboxylic acids is 2. The smallest absolute Gasteiger partial charge is 0.408 e. The van der Waals surface area contributed by atoms with Crippen molar-refractivity contribution in [2.24, 2.45) is 0 Å². The number of alkyl carbamates (subject to hydrolysis) is 1. The maximum Gasteiger partial charge on any atom is 0.408 e. The first-order chi connectivity index (χ1) is 12.7. The van der Waals surface area contributed by atoms with Crippen LogP contribution >= 0.6 is 0 Å². The van der Waals surface area contributed by atoms with Gasteiger partial charge in [0, 0.05) is 5.69 Å². The average molecular weight is 372 g/mol.